The van der Waals surface area contributed by atoms with Crippen LogP contribution in [0.4, 0.5) is 35.7 Å². The molecule has 15 heteroatoms. The Morgan fingerprint density at radius 1 is 0.939 bits per heavy atom. The lowest BCUT2D eigenvalue weighted by Gasteiger charge is -2.44. The minimum absolute atomic E-state index is 0.0229. The van der Waals surface area contributed by atoms with E-state index in [1.807, 2.05) is 60.7 Å². The first-order valence-electron chi connectivity index (χ1n) is 15.8. The molecule has 2 radical (unpaired) electrons. The van der Waals surface area contributed by atoms with Gasteiger partial charge in [-0.1, -0.05) is 81.4 Å². The number of cyclic esters (lactones) is 1. The summed E-state index contributed by atoms with van der Waals surface area (Å²) in [6.07, 6.45) is -5.39. The van der Waals surface area contributed by atoms with Gasteiger partial charge in [0.2, 0.25) is 21.7 Å². The van der Waals surface area contributed by atoms with Gasteiger partial charge >= 0.3 is 12.3 Å². The predicted octanol–water partition coefficient (Wildman–Crippen LogP) is 5.88. The van der Waals surface area contributed by atoms with Crippen LogP contribution in [0.15, 0.2) is 72.9 Å². The van der Waals surface area contributed by atoms with Crippen molar-refractivity contribution in [3.8, 4) is 11.3 Å². The molecule has 0 bridgehead atoms. The van der Waals surface area contributed by atoms with E-state index in [2.05, 4.69) is 35.7 Å². The number of nitrogens with zero attached hydrogens (tertiary/aromatic N) is 6. The van der Waals surface area contributed by atoms with Crippen molar-refractivity contribution >= 4 is 33.6 Å². The molecular formula is C34H36F3N7O4Si. The van der Waals surface area contributed by atoms with Gasteiger partial charge in [0.25, 0.3) is 0 Å². The molecule has 2 aliphatic rings. The first-order chi connectivity index (χ1) is 23.3. The number of morpholine rings is 1. The van der Waals surface area contributed by atoms with E-state index in [1.165, 1.54) is 11.0 Å². The van der Waals surface area contributed by atoms with Crippen LogP contribution in [0.25, 0.3) is 11.3 Å². The van der Waals surface area contributed by atoms with E-state index in [0.29, 0.717) is 26.3 Å². The maximum atomic E-state index is 14.3. The number of halogens is 3. The molecule has 11 nitrogen and oxygen atoms in total. The fourth-order valence-electron chi connectivity index (χ4n) is 6.03. The third-order valence-electron chi connectivity index (χ3n) is 8.14. The fraction of sp³-hybridized carbons (Fsp3) is 0.382. The van der Waals surface area contributed by atoms with Gasteiger partial charge in [0.05, 0.1) is 18.9 Å². The van der Waals surface area contributed by atoms with Gasteiger partial charge in [-0.2, -0.15) is 18.2 Å². The van der Waals surface area contributed by atoms with Crippen LogP contribution in [0.1, 0.15) is 44.5 Å². The monoisotopic (exact) mass is 691 g/mol. The Hall–Kier alpha value is -4.60. The summed E-state index contributed by atoms with van der Waals surface area (Å²) < 4.78 is 61.5. The van der Waals surface area contributed by atoms with E-state index >= 15 is 0 Å². The van der Waals surface area contributed by atoms with Gasteiger partial charge in [0, 0.05) is 30.9 Å². The Balaban J connectivity index is 1.61. The van der Waals surface area contributed by atoms with Gasteiger partial charge in [0.15, 0.2) is 5.69 Å². The van der Waals surface area contributed by atoms with Crippen LogP contribution < -0.4 is 15.5 Å². The molecule has 4 aromatic rings. The average molecular weight is 692 g/mol. The first kappa shape index (κ1) is 34.3. The first-order valence-corrected chi connectivity index (χ1v) is 16.7. The van der Waals surface area contributed by atoms with Crippen molar-refractivity contribution in [3.05, 3.63) is 89.7 Å². The molecule has 4 heterocycles. The lowest BCUT2D eigenvalue weighted by atomic mass is 9.77. The zero-order valence-electron chi connectivity index (χ0n) is 27.4. The zero-order valence-corrected chi connectivity index (χ0v) is 28.4. The molecule has 6 rings (SSSR count). The minimum Gasteiger partial charge on any atom is -0.444 e. The number of hydrogen-bond donors (Lipinski definition) is 1. The number of benzene rings is 2. The summed E-state index contributed by atoms with van der Waals surface area (Å²) in [5.41, 5.74) is 3.98. The lowest BCUT2D eigenvalue weighted by molar-refractivity contribution is -0.140. The third kappa shape index (κ3) is 6.96. The molecule has 2 aromatic heterocycles. The van der Waals surface area contributed by atoms with Crippen molar-refractivity contribution in [1.29, 1.82) is 0 Å². The largest absolute Gasteiger partial charge is 0.444 e. The van der Waals surface area contributed by atoms with Crippen molar-refractivity contribution < 1.29 is 31.9 Å². The van der Waals surface area contributed by atoms with Gasteiger partial charge in [-0.3, -0.25) is 4.90 Å². The van der Waals surface area contributed by atoms with E-state index in [1.54, 1.807) is 11.8 Å². The Labute approximate surface area is 284 Å². The summed E-state index contributed by atoms with van der Waals surface area (Å²) >= 11 is 0. The summed E-state index contributed by atoms with van der Waals surface area (Å²) in [6.45, 7) is 9.43. The van der Waals surface area contributed by atoms with E-state index in [9.17, 15) is 18.0 Å². The van der Waals surface area contributed by atoms with Gasteiger partial charge in [-0.05, 0) is 23.1 Å². The predicted molar refractivity (Wildman–Crippen MR) is 178 cm³/mol. The normalized spacial score (nSPS) is 18.9. The van der Waals surface area contributed by atoms with Crippen molar-refractivity contribution in [2.24, 2.45) is 0 Å². The number of ether oxygens (including phenoxy) is 2. The van der Waals surface area contributed by atoms with Crippen LogP contribution in [0.5, 0.6) is 0 Å². The van der Waals surface area contributed by atoms with E-state index in [0.717, 1.165) is 17.3 Å². The molecule has 0 saturated carbocycles. The number of carbonyl (C=O) groups is 1. The number of aromatic nitrogens is 4. The number of nitrogen functional groups attached to an aromatic ring is 1. The highest BCUT2D eigenvalue weighted by Gasteiger charge is 2.56. The SMILES string of the molecule is C[C@@H]1OC(=O)N(c2cc(-c3cnc(N)nc3C(F)(F)F)nc(N3CCOCC3)n2)[C@@H]1C(O[Si]C(C)(C)C)(c1ccccc1)c1ccccc1. The van der Waals surface area contributed by atoms with E-state index in [-0.39, 0.29) is 32.3 Å². The number of nitrogens with two attached hydrogens (primary N) is 1. The highest BCUT2D eigenvalue weighted by atomic mass is 28.2. The Kier molecular flexibility index (Phi) is 9.35. The van der Waals surface area contributed by atoms with Gasteiger partial charge < -0.3 is 24.5 Å². The number of carbonyl (C=O) groups excluding carboxylic acids is 1. The topological polar surface area (TPSA) is 129 Å². The number of rotatable bonds is 8. The summed E-state index contributed by atoms with van der Waals surface area (Å²) in [6, 6.07) is 19.5. The molecule has 1 amide bonds. The molecule has 2 saturated heterocycles. The summed E-state index contributed by atoms with van der Waals surface area (Å²) in [4.78, 5) is 33.9. The van der Waals surface area contributed by atoms with Gasteiger partial charge in [-0.25, -0.2) is 19.7 Å². The second-order valence-electron chi connectivity index (χ2n) is 12.8. The van der Waals surface area contributed by atoms with Gasteiger partial charge in [-0.15, -0.1) is 0 Å². The smallest absolute Gasteiger partial charge is 0.434 e. The highest BCUT2D eigenvalue weighted by Crippen LogP contribution is 2.47. The average Bonchev–Trinajstić information content (AvgIpc) is 3.38. The summed E-state index contributed by atoms with van der Waals surface area (Å²) in [7, 11) is -0.0352. The Bertz CT molecular complexity index is 1750. The number of anilines is 3. The molecule has 2 atom stereocenters. The lowest BCUT2D eigenvalue weighted by Crippen LogP contribution is -2.56. The molecule has 2 aliphatic heterocycles. The number of amides is 1. The molecule has 49 heavy (non-hydrogen) atoms. The maximum absolute atomic E-state index is 14.3. The second kappa shape index (κ2) is 13.4. The van der Waals surface area contributed by atoms with E-state index in [4.69, 9.17) is 24.6 Å². The van der Waals surface area contributed by atoms with Crippen LogP contribution in [0, 0.1) is 0 Å². The van der Waals surface area contributed by atoms with Gasteiger partial charge in [0.1, 0.15) is 23.6 Å². The molecule has 2 aromatic carbocycles. The molecule has 0 unspecified atom stereocenters. The van der Waals surface area contributed by atoms with Crippen LogP contribution in [0.3, 0.4) is 0 Å². The van der Waals surface area contributed by atoms with Crippen molar-refractivity contribution in [3.63, 3.8) is 0 Å². The maximum Gasteiger partial charge on any atom is 0.434 e. The van der Waals surface area contributed by atoms with Crippen LogP contribution in [-0.4, -0.2) is 74.2 Å². The standard InChI is InChI=1S/C34H36F3N7O4Si/c1-21-28(33(48-49-32(2,3)4,22-11-7-5-8-12-22)23-13-9-6-10-14-23)44(31(45)47-21)26-19-25(40-30(41-26)43-15-17-46-18-16-43)24-20-39-29(38)42-27(24)34(35,36)37/h5-14,19-21,28H,15-18H2,1-4H3,(H2,38,39,42)/t21-,28-/m0/s1. The fourth-order valence-corrected chi connectivity index (χ4v) is 6.85. The molecular weight excluding hydrogens is 655 g/mol. The summed E-state index contributed by atoms with van der Waals surface area (Å²) in [5.74, 6) is -0.410. The quantitative estimate of drug-likeness (QED) is 0.224. The van der Waals surface area contributed by atoms with Crippen LogP contribution in [0.2, 0.25) is 5.04 Å². The van der Waals surface area contributed by atoms with Crippen molar-refractivity contribution in [2.75, 3.05) is 41.8 Å². The molecule has 0 spiro atoms. The zero-order chi connectivity index (χ0) is 35.0. The number of alkyl halides is 3. The number of hydrogen-bond acceptors (Lipinski definition) is 10. The minimum atomic E-state index is -4.88. The third-order valence-corrected chi connectivity index (χ3v) is 9.18. The van der Waals surface area contributed by atoms with E-state index < -0.39 is 47.2 Å². The molecule has 2 fully saturated rings. The van der Waals surface area contributed by atoms with Crippen LogP contribution >= 0.6 is 0 Å². The van der Waals surface area contributed by atoms with Crippen molar-refractivity contribution in [1.82, 2.24) is 19.9 Å². The summed E-state index contributed by atoms with van der Waals surface area (Å²) in [5, 5.41) is -0.263. The second-order valence-corrected chi connectivity index (χ2v) is 14.7. The molecule has 0 aliphatic carbocycles. The Morgan fingerprint density at radius 3 is 2.12 bits per heavy atom. The molecule has 2 N–H and O–H groups in total. The highest BCUT2D eigenvalue weighted by molar-refractivity contribution is 6.32. The van der Waals surface area contributed by atoms with Crippen LogP contribution in [-0.2, 0) is 25.7 Å². The van der Waals surface area contributed by atoms with Crippen molar-refractivity contribution in [2.45, 2.75) is 56.7 Å². The molecule has 256 valence electrons. The Morgan fingerprint density at radius 2 is 1.55 bits per heavy atom.